The number of ether oxygens (including phenoxy) is 2. The van der Waals surface area contributed by atoms with Crippen molar-refractivity contribution in [1.29, 1.82) is 0 Å². The van der Waals surface area contributed by atoms with Gasteiger partial charge in [0.05, 0.1) is 13.2 Å². The molecular weight excluding hydrogens is 193 g/mol. The first-order valence-electron chi connectivity index (χ1n) is 2.98. The van der Waals surface area contributed by atoms with E-state index in [9.17, 15) is 0 Å². The van der Waals surface area contributed by atoms with E-state index in [4.69, 9.17) is 9.47 Å². The van der Waals surface area contributed by atoms with Gasteiger partial charge in [-0.25, -0.2) is 0 Å². The molecule has 3 heteroatoms. The van der Waals surface area contributed by atoms with Crippen molar-refractivity contribution in [3.8, 4) is 0 Å². The van der Waals surface area contributed by atoms with Crippen molar-refractivity contribution in [2.75, 3.05) is 26.9 Å². The molecular formula is C6H14O2Y. The average Bonchev–Trinajstić information content (AvgIpc) is 1.81. The van der Waals surface area contributed by atoms with Crippen LogP contribution in [0, 0.1) is 0 Å². The molecule has 0 N–H and O–H groups in total. The quantitative estimate of drug-likeness (QED) is 0.627. The fourth-order valence-corrected chi connectivity index (χ4v) is 0.389. The van der Waals surface area contributed by atoms with Gasteiger partial charge in [0.25, 0.3) is 0 Å². The summed E-state index contributed by atoms with van der Waals surface area (Å²) in [5, 5.41) is 0. The first-order valence-corrected chi connectivity index (χ1v) is 2.98. The van der Waals surface area contributed by atoms with Gasteiger partial charge in [-0.2, -0.15) is 0 Å². The van der Waals surface area contributed by atoms with Gasteiger partial charge in [-0.3, -0.25) is 0 Å². The van der Waals surface area contributed by atoms with E-state index in [1.807, 2.05) is 0 Å². The van der Waals surface area contributed by atoms with E-state index < -0.39 is 0 Å². The van der Waals surface area contributed by atoms with Gasteiger partial charge in [-0.15, -0.1) is 0 Å². The summed E-state index contributed by atoms with van der Waals surface area (Å²) >= 11 is 0. The third-order valence-electron chi connectivity index (χ3n) is 0.780. The molecule has 0 bridgehead atoms. The zero-order valence-electron chi connectivity index (χ0n) is 6.22. The molecule has 0 aliphatic rings. The van der Waals surface area contributed by atoms with E-state index >= 15 is 0 Å². The Balaban J connectivity index is 0. The molecule has 0 aromatic carbocycles. The molecule has 0 atom stereocenters. The monoisotopic (exact) mass is 207 g/mol. The molecule has 0 unspecified atom stereocenters. The molecule has 0 spiro atoms. The molecule has 0 saturated carbocycles. The van der Waals surface area contributed by atoms with E-state index in [1.54, 1.807) is 7.11 Å². The minimum absolute atomic E-state index is 0. The van der Waals surface area contributed by atoms with Gasteiger partial charge in [0.1, 0.15) is 0 Å². The molecule has 0 aliphatic carbocycles. The number of methoxy groups -OCH3 is 1. The van der Waals surface area contributed by atoms with Crippen LogP contribution >= 0.6 is 0 Å². The minimum Gasteiger partial charge on any atom is -0.382 e. The summed E-state index contributed by atoms with van der Waals surface area (Å²) in [6.45, 7) is 4.38. The van der Waals surface area contributed by atoms with Crippen molar-refractivity contribution in [3.63, 3.8) is 0 Å². The summed E-state index contributed by atoms with van der Waals surface area (Å²) in [5.74, 6) is 0. The second-order valence-electron chi connectivity index (χ2n) is 1.61. The molecule has 0 saturated heterocycles. The second-order valence-corrected chi connectivity index (χ2v) is 1.61. The zero-order valence-corrected chi connectivity index (χ0v) is 9.06. The Bertz CT molecular complexity index is 36.0. The molecule has 53 valence electrons. The molecule has 0 fully saturated rings. The van der Waals surface area contributed by atoms with Crippen molar-refractivity contribution in [3.05, 3.63) is 0 Å². The van der Waals surface area contributed by atoms with Crippen molar-refractivity contribution in [2.45, 2.75) is 13.3 Å². The number of hydrogen-bond donors (Lipinski definition) is 0. The first kappa shape index (κ1) is 12.7. The summed E-state index contributed by atoms with van der Waals surface area (Å²) in [4.78, 5) is 0. The fraction of sp³-hybridized carbons (Fsp3) is 1.00. The van der Waals surface area contributed by atoms with Gasteiger partial charge in [-0.1, -0.05) is 6.92 Å². The molecule has 0 aromatic rings. The minimum atomic E-state index is 0. The van der Waals surface area contributed by atoms with Crippen LogP contribution in [0.15, 0.2) is 0 Å². The maximum absolute atomic E-state index is 5.10. The SMILES string of the molecule is CCCOCCOC.[Y]. The van der Waals surface area contributed by atoms with Crippen LogP contribution in [0.2, 0.25) is 0 Å². The van der Waals surface area contributed by atoms with E-state index in [1.165, 1.54) is 0 Å². The number of hydrogen-bond acceptors (Lipinski definition) is 2. The fourth-order valence-electron chi connectivity index (χ4n) is 0.389. The van der Waals surface area contributed by atoms with Crippen LogP contribution in [0.3, 0.4) is 0 Å². The Hall–Kier alpha value is 1.02. The molecule has 2 nitrogen and oxygen atoms in total. The number of rotatable bonds is 5. The topological polar surface area (TPSA) is 18.5 Å². The van der Waals surface area contributed by atoms with Gasteiger partial charge >= 0.3 is 0 Å². The summed E-state index contributed by atoms with van der Waals surface area (Å²) in [5.41, 5.74) is 0. The van der Waals surface area contributed by atoms with Crippen LogP contribution in [-0.2, 0) is 42.2 Å². The maximum Gasteiger partial charge on any atom is 0.0700 e. The Morgan fingerprint density at radius 2 is 1.78 bits per heavy atom. The molecule has 1 radical (unpaired) electrons. The van der Waals surface area contributed by atoms with Gasteiger partial charge < -0.3 is 9.47 Å². The van der Waals surface area contributed by atoms with Gasteiger partial charge in [0, 0.05) is 46.4 Å². The van der Waals surface area contributed by atoms with Gasteiger partial charge in [0.2, 0.25) is 0 Å². The van der Waals surface area contributed by atoms with Gasteiger partial charge in [0.15, 0.2) is 0 Å². The molecule has 9 heavy (non-hydrogen) atoms. The first-order chi connectivity index (χ1) is 3.91. The standard InChI is InChI=1S/C6H14O2.Y/c1-3-4-8-6-5-7-2;/h3-6H2,1-2H3;. The average molecular weight is 207 g/mol. The van der Waals surface area contributed by atoms with Crippen molar-refractivity contribution >= 4 is 0 Å². The van der Waals surface area contributed by atoms with Crippen molar-refractivity contribution in [1.82, 2.24) is 0 Å². The maximum atomic E-state index is 5.10. The normalized spacial score (nSPS) is 8.67. The van der Waals surface area contributed by atoms with Crippen LogP contribution in [0.5, 0.6) is 0 Å². The predicted octanol–water partition coefficient (Wildman–Crippen LogP) is 1.06. The van der Waals surface area contributed by atoms with Crippen LogP contribution in [0.25, 0.3) is 0 Å². The summed E-state index contributed by atoms with van der Waals surface area (Å²) in [6, 6.07) is 0. The van der Waals surface area contributed by atoms with E-state index in [0.29, 0.717) is 6.61 Å². The van der Waals surface area contributed by atoms with Crippen LogP contribution in [-0.4, -0.2) is 26.9 Å². The Labute approximate surface area is 82.2 Å². The Morgan fingerprint density at radius 3 is 2.22 bits per heavy atom. The Kier molecular flexibility index (Phi) is 16.6. The third-order valence-corrected chi connectivity index (χ3v) is 0.780. The summed E-state index contributed by atoms with van der Waals surface area (Å²) in [7, 11) is 1.68. The summed E-state index contributed by atoms with van der Waals surface area (Å²) < 4.78 is 9.86. The zero-order chi connectivity index (χ0) is 6.24. The third kappa shape index (κ3) is 12.3. The van der Waals surface area contributed by atoms with E-state index in [-0.39, 0.29) is 32.7 Å². The second kappa shape index (κ2) is 11.8. The Morgan fingerprint density at radius 1 is 1.11 bits per heavy atom. The molecule has 0 aromatic heterocycles. The summed E-state index contributed by atoms with van der Waals surface area (Å²) in [6.07, 6.45) is 1.09. The molecule has 0 rings (SSSR count). The predicted molar refractivity (Wildman–Crippen MR) is 33.0 cm³/mol. The van der Waals surface area contributed by atoms with Crippen molar-refractivity contribution < 1.29 is 42.2 Å². The molecule has 0 aliphatic heterocycles. The van der Waals surface area contributed by atoms with Gasteiger partial charge in [-0.05, 0) is 6.42 Å². The van der Waals surface area contributed by atoms with Crippen LogP contribution in [0.4, 0.5) is 0 Å². The molecule has 0 heterocycles. The van der Waals surface area contributed by atoms with Crippen LogP contribution in [0.1, 0.15) is 13.3 Å². The molecule has 0 amide bonds. The smallest absolute Gasteiger partial charge is 0.0700 e. The largest absolute Gasteiger partial charge is 0.382 e. The van der Waals surface area contributed by atoms with Crippen LogP contribution < -0.4 is 0 Å². The van der Waals surface area contributed by atoms with Crippen molar-refractivity contribution in [2.24, 2.45) is 0 Å². The van der Waals surface area contributed by atoms with E-state index in [2.05, 4.69) is 6.92 Å². The van der Waals surface area contributed by atoms with E-state index in [0.717, 1.165) is 19.6 Å².